The topological polar surface area (TPSA) is 55.2 Å². The van der Waals surface area contributed by atoms with Gasteiger partial charge in [0.1, 0.15) is 5.82 Å². The van der Waals surface area contributed by atoms with Gasteiger partial charge in [0, 0.05) is 24.5 Å². The van der Waals surface area contributed by atoms with E-state index in [0.717, 1.165) is 15.6 Å². The van der Waals surface area contributed by atoms with E-state index in [0.29, 0.717) is 10.9 Å². The molecule has 0 aliphatic heterocycles. The third-order valence-corrected chi connectivity index (χ3v) is 5.93. The molecule has 0 saturated carbocycles. The van der Waals surface area contributed by atoms with Crippen molar-refractivity contribution in [2.75, 3.05) is 7.05 Å². The van der Waals surface area contributed by atoms with Gasteiger partial charge in [-0.05, 0) is 41.5 Å². The van der Waals surface area contributed by atoms with Crippen molar-refractivity contribution in [3.63, 3.8) is 0 Å². The number of fused-ring (bicyclic) bond motifs is 1. The number of nitrogens with zero attached hydrogens (tertiary/aromatic N) is 3. The van der Waals surface area contributed by atoms with Crippen LogP contribution in [-0.4, -0.2) is 27.4 Å². The summed E-state index contributed by atoms with van der Waals surface area (Å²) in [4.78, 5) is 31.9. The summed E-state index contributed by atoms with van der Waals surface area (Å²) in [6, 6.07) is 20.7. The van der Waals surface area contributed by atoms with Gasteiger partial charge in [-0.15, -0.1) is 0 Å². The second-order valence-electron chi connectivity index (χ2n) is 7.52. The number of carbonyl (C=O) groups is 1. The standard InChI is InChI=1S/C25H21BrFN3O2/c1-29(24(17-5-3-2-4-6-17)18-7-10-20(27)11-8-18)23(31)13-14-30-16-28-22-12-9-19(26)15-21(22)25(30)32/h2-12,15-16,24H,13-14H2,1H3. The predicted molar refractivity (Wildman–Crippen MR) is 126 cm³/mol. The number of hydrogen-bond acceptors (Lipinski definition) is 3. The van der Waals surface area contributed by atoms with E-state index in [1.807, 2.05) is 36.4 Å². The lowest BCUT2D eigenvalue weighted by Crippen LogP contribution is -2.33. The summed E-state index contributed by atoms with van der Waals surface area (Å²) in [5, 5.41) is 0.496. The average Bonchev–Trinajstić information content (AvgIpc) is 2.81. The average molecular weight is 494 g/mol. The maximum atomic E-state index is 13.5. The van der Waals surface area contributed by atoms with Crippen LogP contribution in [-0.2, 0) is 11.3 Å². The highest BCUT2D eigenvalue weighted by Crippen LogP contribution is 2.28. The Morgan fingerprint density at radius 3 is 2.47 bits per heavy atom. The zero-order valence-electron chi connectivity index (χ0n) is 17.4. The highest BCUT2D eigenvalue weighted by Gasteiger charge is 2.23. The Morgan fingerprint density at radius 2 is 1.75 bits per heavy atom. The van der Waals surface area contributed by atoms with Gasteiger partial charge in [0.15, 0.2) is 0 Å². The Bertz CT molecular complexity index is 1310. The summed E-state index contributed by atoms with van der Waals surface area (Å²) in [7, 11) is 1.72. The third-order valence-electron chi connectivity index (χ3n) is 5.43. The van der Waals surface area contributed by atoms with Crippen molar-refractivity contribution in [3.05, 3.63) is 111 Å². The number of aromatic nitrogens is 2. The molecule has 5 nitrogen and oxygen atoms in total. The zero-order valence-corrected chi connectivity index (χ0v) is 19.0. The maximum Gasteiger partial charge on any atom is 0.261 e. The molecule has 4 aromatic rings. The molecule has 1 unspecified atom stereocenters. The van der Waals surface area contributed by atoms with Crippen LogP contribution < -0.4 is 5.56 Å². The molecule has 0 aliphatic carbocycles. The largest absolute Gasteiger partial charge is 0.335 e. The van der Waals surface area contributed by atoms with Gasteiger partial charge in [-0.3, -0.25) is 14.2 Å². The molecule has 162 valence electrons. The van der Waals surface area contributed by atoms with Crippen LogP contribution in [0, 0.1) is 5.82 Å². The molecule has 32 heavy (non-hydrogen) atoms. The minimum atomic E-state index is -0.369. The van der Waals surface area contributed by atoms with E-state index in [4.69, 9.17) is 0 Å². The molecule has 1 heterocycles. The van der Waals surface area contributed by atoms with Crippen LogP contribution in [0.25, 0.3) is 10.9 Å². The smallest absolute Gasteiger partial charge is 0.261 e. The van der Waals surface area contributed by atoms with Gasteiger partial charge in [0.2, 0.25) is 5.91 Å². The van der Waals surface area contributed by atoms with Crippen LogP contribution in [0.4, 0.5) is 4.39 Å². The summed E-state index contributed by atoms with van der Waals surface area (Å²) < 4.78 is 15.7. The number of hydrogen-bond donors (Lipinski definition) is 0. The van der Waals surface area contributed by atoms with Crippen LogP contribution in [0.3, 0.4) is 0 Å². The molecule has 0 N–H and O–H groups in total. The highest BCUT2D eigenvalue weighted by molar-refractivity contribution is 9.10. The first kappa shape index (κ1) is 21.9. The van der Waals surface area contributed by atoms with Crippen molar-refractivity contribution >= 4 is 32.7 Å². The molecule has 1 aromatic heterocycles. The Hall–Kier alpha value is -3.32. The quantitative estimate of drug-likeness (QED) is 0.382. The van der Waals surface area contributed by atoms with E-state index in [1.54, 1.807) is 36.2 Å². The third kappa shape index (κ3) is 4.62. The molecule has 0 saturated heterocycles. The van der Waals surface area contributed by atoms with Crippen molar-refractivity contribution in [1.82, 2.24) is 14.5 Å². The number of carbonyl (C=O) groups excluding carboxylic acids is 1. The molecular formula is C25H21BrFN3O2. The van der Waals surface area contributed by atoms with Gasteiger partial charge in [-0.25, -0.2) is 9.37 Å². The molecule has 3 aromatic carbocycles. The number of amides is 1. The van der Waals surface area contributed by atoms with Crippen LogP contribution in [0.1, 0.15) is 23.6 Å². The van der Waals surface area contributed by atoms with E-state index in [1.165, 1.54) is 23.0 Å². The molecule has 4 rings (SSSR count). The van der Waals surface area contributed by atoms with Gasteiger partial charge in [0.25, 0.3) is 5.56 Å². The monoisotopic (exact) mass is 493 g/mol. The summed E-state index contributed by atoms with van der Waals surface area (Å²) in [6.45, 7) is 0.211. The first-order valence-electron chi connectivity index (χ1n) is 10.1. The van der Waals surface area contributed by atoms with Gasteiger partial charge in [0.05, 0.1) is 23.3 Å². The Morgan fingerprint density at radius 1 is 1.06 bits per heavy atom. The molecule has 0 fully saturated rings. The van der Waals surface area contributed by atoms with Crippen molar-refractivity contribution in [1.29, 1.82) is 0 Å². The number of aryl methyl sites for hydroxylation is 1. The summed E-state index contributed by atoms with van der Waals surface area (Å²) >= 11 is 3.38. The first-order chi connectivity index (χ1) is 15.4. The molecule has 0 aliphatic rings. The Balaban J connectivity index is 1.57. The molecule has 1 atom stereocenters. The summed E-state index contributed by atoms with van der Waals surface area (Å²) in [5.74, 6) is -0.464. The van der Waals surface area contributed by atoms with E-state index in [2.05, 4.69) is 20.9 Å². The number of benzene rings is 3. The minimum absolute atomic E-state index is 0.127. The van der Waals surface area contributed by atoms with Crippen LogP contribution in [0.15, 0.2) is 88.4 Å². The van der Waals surface area contributed by atoms with Crippen molar-refractivity contribution in [3.8, 4) is 0 Å². The lowest BCUT2D eigenvalue weighted by atomic mass is 9.97. The fourth-order valence-electron chi connectivity index (χ4n) is 3.75. The lowest BCUT2D eigenvalue weighted by Gasteiger charge is -2.29. The van der Waals surface area contributed by atoms with Crippen molar-refractivity contribution in [2.24, 2.45) is 0 Å². The summed E-state index contributed by atoms with van der Waals surface area (Å²) in [6.07, 6.45) is 1.60. The van der Waals surface area contributed by atoms with Gasteiger partial charge < -0.3 is 4.90 Å². The SMILES string of the molecule is CN(C(=O)CCn1cnc2ccc(Br)cc2c1=O)C(c1ccccc1)c1ccc(F)cc1. The van der Waals surface area contributed by atoms with Gasteiger partial charge >= 0.3 is 0 Å². The van der Waals surface area contributed by atoms with Crippen LogP contribution in [0.5, 0.6) is 0 Å². The van der Waals surface area contributed by atoms with E-state index in [-0.39, 0.29) is 36.3 Å². The normalized spacial score (nSPS) is 12.0. The number of halogens is 2. The zero-order chi connectivity index (χ0) is 22.7. The molecule has 7 heteroatoms. The van der Waals surface area contributed by atoms with Crippen LogP contribution >= 0.6 is 15.9 Å². The van der Waals surface area contributed by atoms with Crippen molar-refractivity contribution < 1.29 is 9.18 Å². The minimum Gasteiger partial charge on any atom is -0.335 e. The fourth-order valence-corrected chi connectivity index (χ4v) is 4.11. The second-order valence-corrected chi connectivity index (χ2v) is 8.44. The molecule has 0 bridgehead atoms. The number of rotatable bonds is 6. The lowest BCUT2D eigenvalue weighted by molar-refractivity contribution is -0.131. The Labute approximate surface area is 193 Å². The van der Waals surface area contributed by atoms with Gasteiger partial charge in [-0.2, -0.15) is 0 Å². The van der Waals surface area contributed by atoms with E-state index >= 15 is 0 Å². The molecule has 0 radical (unpaired) electrons. The second kappa shape index (κ2) is 9.44. The van der Waals surface area contributed by atoms with Crippen molar-refractivity contribution in [2.45, 2.75) is 19.0 Å². The van der Waals surface area contributed by atoms with Gasteiger partial charge in [-0.1, -0.05) is 58.4 Å². The molecule has 0 spiro atoms. The van der Waals surface area contributed by atoms with E-state index in [9.17, 15) is 14.0 Å². The highest BCUT2D eigenvalue weighted by atomic mass is 79.9. The fraction of sp³-hybridized carbons (Fsp3) is 0.160. The summed E-state index contributed by atoms with van der Waals surface area (Å²) in [5.41, 5.74) is 2.15. The first-order valence-corrected chi connectivity index (χ1v) is 10.9. The molecule has 1 amide bonds. The van der Waals surface area contributed by atoms with E-state index < -0.39 is 0 Å². The Kier molecular flexibility index (Phi) is 6.46. The maximum absolute atomic E-state index is 13.5. The molecular weight excluding hydrogens is 473 g/mol. The van der Waals surface area contributed by atoms with Crippen LogP contribution in [0.2, 0.25) is 0 Å². The predicted octanol–water partition coefficient (Wildman–Crippen LogP) is 4.94.